The summed E-state index contributed by atoms with van der Waals surface area (Å²) in [6, 6.07) is 15.4. The molecular weight excluding hydrogens is 338 g/mol. The first-order chi connectivity index (χ1) is 13.0. The van der Waals surface area contributed by atoms with Gasteiger partial charge < -0.3 is 20.6 Å². The van der Waals surface area contributed by atoms with Crippen LogP contribution >= 0.6 is 0 Å². The van der Waals surface area contributed by atoms with E-state index in [2.05, 4.69) is 37.6 Å². The van der Waals surface area contributed by atoms with E-state index in [4.69, 9.17) is 0 Å². The summed E-state index contributed by atoms with van der Waals surface area (Å²) < 4.78 is 0. The van der Waals surface area contributed by atoms with Gasteiger partial charge in [0.2, 0.25) is 5.95 Å². The molecule has 0 amide bonds. The van der Waals surface area contributed by atoms with E-state index in [-0.39, 0.29) is 5.75 Å². The summed E-state index contributed by atoms with van der Waals surface area (Å²) in [5.41, 5.74) is 4.21. The fraction of sp³-hybridized carbons (Fsp3) is 0.238. The Kier molecular flexibility index (Phi) is 5.76. The molecule has 0 saturated heterocycles. The van der Waals surface area contributed by atoms with Crippen LogP contribution in [-0.2, 0) is 6.42 Å². The highest BCUT2D eigenvalue weighted by atomic mass is 16.3. The molecule has 0 bridgehead atoms. The Bertz CT molecular complexity index is 893. The minimum atomic E-state index is 0.285. The minimum Gasteiger partial charge on any atom is -0.508 e. The lowest BCUT2D eigenvalue weighted by Gasteiger charge is -2.14. The van der Waals surface area contributed by atoms with Crippen LogP contribution < -0.4 is 15.5 Å². The van der Waals surface area contributed by atoms with Crippen LogP contribution in [0.1, 0.15) is 11.1 Å². The van der Waals surface area contributed by atoms with Gasteiger partial charge in [-0.1, -0.05) is 18.2 Å². The zero-order valence-electron chi connectivity index (χ0n) is 15.9. The van der Waals surface area contributed by atoms with Gasteiger partial charge in [-0.25, -0.2) is 4.98 Å². The second-order valence-electron chi connectivity index (χ2n) is 6.64. The monoisotopic (exact) mass is 363 g/mol. The predicted molar refractivity (Wildman–Crippen MR) is 111 cm³/mol. The Morgan fingerprint density at radius 1 is 1.07 bits per heavy atom. The molecule has 1 heterocycles. The van der Waals surface area contributed by atoms with Crippen LogP contribution in [0.2, 0.25) is 0 Å². The molecule has 140 valence electrons. The van der Waals surface area contributed by atoms with E-state index in [1.165, 1.54) is 0 Å². The van der Waals surface area contributed by atoms with Crippen molar-refractivity contribution >= 4 is 23.1 Å². The van der Waals surface area contributed by atoms with Crippen LogP contribution in [0.25, 0.3) is 0 Å². The van der Waals surface area contributed by atoms with Crippen molar-refractivity contribution in [1.29, 1.82) is 0 Å². The van der Waals surface area contributed by atoms with E-state index in [1.54, 1.807) is 12.1 Å². The maximum Gasteiger partial charge on any atom is 0.229 e. The van der Waals surface area contributed by atoms with Crippen LogP contribution in [0.5, 0.6) is 5.75 Å². The van der Waals surface area contributed by atoms with Gasteiger partial charge in [-0.15, -0.1) is 0 Å². The molecule has 3 N–H and O–H groups in total. The molecule has 0 unspecified atom stereocenters. The molecule has 0 radical (unpaired) electrons. The van der Waals surface area contributed by atoms with Crippen molar-refractivity contribution in [3.63, 3.8) is 0 Å². The van der Waals surface area contributed by atoms with Gasteiger partial charge in [-0.2, -0.15) is 4.98 Å². The van der Waals surface area contributed by atoms with Crippen LogP contribution in [0.3, 0.4) is 0 Å². The number of hydrogen-bond acceptors (Lipinski definition) is 6. The van der Waals surface area contributed by atoms with Crippen molar-refractivity contribution in [2.45, 2.75) is 13.3 Å². The molecule has 0 spiro atoms. The van der Waals surface area contributed by atoms with Gasteiger partial charge in [0.1, 0.15) is 11.6 Å². The lowest BCUT2D eigenvalue weighted by atomic mass is 10.1. The number of anilines is 4. The van der Waals surface area contributed by atoms with Gasteiger partial charge in [0.15, 0.2) is 0 Å². The first-order valence-electron chi connectivity index (χ1n) is 8.91. The maximum atomic E-state index is 9.35. The molecular formula is C21H25N5O. The molecule has 0 aliphatic carbocycles. The number of aromatic nitrogens is 2. The number of phenolic OH excluding ortho intramolecular Hbond substituents is 1. The Labute approximate surface area is 159 Å². The van der Waals surface area contributed by atoms with Crippen molar-refractivity contribution in [1.82, 2.24) is 9.97 Å². The van der Waals surface area contributed by atoms with Gasteiger partial charge >= 0.3 is 0 Å². The van der Waals surface area contributed by atoms with Gasteiger partial charge in [0, 0.05) is 43.8 Å². The van der Waals surface area contributed by atoms with Crippen LogP contribution in [0.15, 0.2) is 54.7 Å². The van der Waals surface area contributed by atoms with Crippen LogP contribution in [-0.4, -0.2) is 35.7 Å². The highest BCUT2D eigenvalue weighted by molar-refractivity contribution is 5.62. The first-order valence-corrected chi connectivity index (χ1v) is 8.91. The molecule has 3 rings (SSSR count). The molecule has 0 atom stereocenters. The van der Waals surface area contributed by atoms with E-state index >= 15 is 0 Å². The highest BCUT2D eigenvalue weighted by Crippen LogP contribution is 2.21. The van der Waals surface area contributed by atoms with Crippen molar-refractivity contribution in [3.8, 4) is 5.75 Å². The summed E-state index contributed by atoms with van der Waals surface area (Å²) in [5, 5.41) is 16.0. The molecule has 6 heteroatoms. The summed E-state index contributed by atoms with van der Waals surface area (Å²) >= 11 is 0. The number of nitrogens with zero attached hydrogens (tertiary/aromatic N) is 3. The smallest absolute Gasteiger partial charge is 0.229 e. The number of phenols is 1. The highest BCUT2D eigenvalue weighted by Gasteiger charge is 2.05. The number of benzene rings is 2. The Hall–Kier alpha value is -3.28. The van der Waals surface area contributed by atoms with E-state index in [1.807, 2.05) is 51.5 Å². The molecule has 0 aliphatic rings. The molecule has 6 nitrogen and oxygen atoms in total. The molecule has 1 aromatic heterocycles. The third kappa shape index (κ3) is 5.10. The summed E-state index contributed by atoms with van der Waals surface area (Å²) in [6.45, 7) is 2.73. The van der Waals surface area contributed by atoms with E-state index in [0.29, 0.717) is 5.95 Å². The normalized spacial score (nSPS) is 10.5. The predicted octanol–water partition coefficient (Wildman–Crippen LogP) is 3.95. The average Bonchev–Trinajstić information content (AvgIpc) is 2.66. The zero-order valence-corrected chi connectivity index (χ0v) is 15.9. The van der Waals surface area contributed by atoms with Gasteiger partial charge in [0.05, 0.1) is 0 Å². The van der Waals surface area contributed by atoms with E-state index < -0.39 is 0 Å². The average molecular weight is 363 g/mol. The molecule has 0 saturated carbocycles. The van der Waals surface area contributed by atoms with Crippen LogP contribution in [0.4, 0.5) is 23.1 Å². The fourth-order valence-corrected chi connectivity index (χ4v) is 2.66. The Balaban J connectivity index is 1.65. The van der Waals surface area contributed by atoms with Crippen molar-refractivity contribution < 1.29 is 5.11 Å². The summed E-state index contributed by atoms with van der Waals surface area (Å²) in [4.78, 5) is 11.0. The van der Waals surface area contributed by atoms with E-state index in [0.717, 1.165) is 41.3 Å². The largest absolute Gasteiger partial charge is 0.508 e. The first kappa shape index (κ1) is 18.5. The summed E-state index contributed by atoms with van der Waals surface area (Å²) in [5.74, 6) is 1.66. The third-order valence-corrected chi connectivity index (χ3v) is 4.23. The SMILES string of the molecule is Cc1cnc(Nc2cccc(N(C)C)c2)nc1NCCc1ccc(O)cc1. The Morgan fingerprint density at radius 3 is 2.59 bits per heavy atom. The topological polar surface area (TPSA) is 73.3 Å². The van der Waals surface area contributed by atoms with Crippen molar-refractivity contribution in [3.05, 3.63) is 65.9 Å². The molecule has 27 heavy (non-hydrogen) atoms. The number of aryl methyl sites for hydroxylation is 1. The molecule has 2 aromatic carbocycles. The number of rotatable bonds is 7. The second-order valence-corrected chi connectivity index (χ2v) is 6.64. The summed E-state index contributed by atoms with van der Waals surface area (Å²) in [6.07, 6.45) is 2.66. The number of aromatic hydroxyl groups is 1. The van der Waals surface area contributed by atoms with Gasteiger partial charge in [0.25, 0.3) is 0 Å². The number of nitrogens with one attached hydrogen (secondary N) is 2. The number of hydrogen-bond donors (Lipinski definition) is 3. The quantitative estimate of drug-likeness (QED) is 0.590. The third-order valence-electron chi connectivity index (χ3n) is 4.23. The fourth-order valence-electron chi connectivity index (χ4n) is 2.66. The van der Waals surface area contributed by atoms with Gasteiger partial charge in [-0.3, -0.25) is 0 Å². The van der Waals surface area contributed by atoms with E-state index in [9.17, 15) is 5.11 Å². The minimum absolute atomic E-state index is 0.285. The second kappa shape index (κ2) is 8.40. The molecule has 3 aromatic rings. The zero-order chi connectivity index (χ0) is 19.2. The van der Waals surface area contributed by atoms with Crippen LogP contribution in [0, 0.1) is 6.92 Å². The summed E-state index contributed by atoms with van der Waals surface area (Å²) in [7, 11) is 4.02. The Morgan fingerprint density at radius 2 is 1.85 bits per heavy atom. The standard InChI is InChI=1S/C21H25N5O/c1-15-14-23-21(24-17-5-4-6-18(13-17)26(2)3)25-20(15)22-12-11-16-7-9-19(27)10-8-16/h4-10,13-14,27H,11-12H2,1-3H3,(H2,22,23,24,25). The molecule has 0 fully saturated rings. The van der Waals surface area contributed by atoms with Crippen molar-refractivity contribution in [2.75, 3.05) is 36.2 Å². The maximum absolute atomic E-state index is 9.35. The van der Waals surface area contributed by atoms with Crippen molar-refractivity contribution in [2.24, 2.45) is 0 Å². The lowest BCUT2D eigenvalue weighted by Crippen LogP contribution is -2.10. The van der Waals surface area contributed by atoms with Gasteiger partial charge in [-0.05, 0) is 49.2 Å². The molecule has 0 aliphatic heterocycles. The lowest BCUT2D eigenvalue weighted by molar-refractivity contribution is 0.475.